The Morgan fingerprint density at radius 3 is 2.38 bits per heavy atom. The van der Waals surface area contributed by atoms with E-state index in [1.165, 1.54) is 0 Å². The number of benzene rings is 2. The quantitative estimate of drug-likeness (QED) is 0.778. The summed E-state index contributed by atoms with van der Waals surface area (Å²) in [5.41, 5.74) is 2.32. The average molecular weight is 376 g/mol. The van der Waals surface area contributed by atoms with Crippen LogP contribution in [0.4, 0.5) is 5.69 Å². The van der Waals surface area contributed by atoms with E-state index in [-0.39, 0.29) is 16.8 Å². The first-order valence-electron chi connectivity index (χ1n) is 8.23. The Morgan fingerprint density at radius 1 is 1.12 bits per heavy atom. The van der Waals surface area contributed by atoms with E-state index in [1.807, 2.05) is 13.8 Å². The largest absolute Gasteiger partial charge is 0.383 e. The second-order valence-corrected chi connectivity index (χ2v) is 7.91. The third-order valence-electron chi connectivity index (χ3n) is 3.95. The van der Waals surface area contributed by atoms with Gasteiger partial charge in [-0.2, -0.15) is 0 Å². The van der Waals surface area contributed by atoms with Gasteiger partial charge in [0.1, 0.15) is 0 Å². The Kier molecular flexibility index (Phi) is 6.39. The van der Waals surface area contributed by atoms with Crippen molar-refractivity contribution in [3.8, 4) is 0 Å². The first-order chi connectivity index (χ1) is 12.2. The molecule has 0 heterocycles. The Bertz CT molecular complexity index is 877. The number of ether oxygens (including phenoxy) is 1. The van der Waals surface area contributed by atoms with Crippen molar-refractivity contribution in [2.24, 2.45) is 0 Å². The van der Waals surface area contributed by atoms with Gasteiger partial charge in [-0.3, -0.25) is 9.52 Å². The highest BCUT2D eigenvalue weighted by Crippen LogP contribution is 2.23. The number of carbonyl (C=O) groups is 1. The van der Waals surface area contributed by atoms with E-state index in [1.54, 1.807) is 56.5 Å². The Balaban J connectivity index is 2.26. The molecule has 2 aromatic carbocycles. The highest BCUT2D eigenvalue weighted by molar-refractivity contribution is 7.92. The van der Waals surface area contributed by atoms with E-state index in [0.29, 0.717) is 23.4 Å². The van der Waals surface area contributed by atoms with Crippen LogP contribution in [0.15, 0.2) is 47.4 Å². The van der Waals surface area contributed by atoms with E-state index in [9.17, 15) is 13.2 Å². The van der Waals surface area contributed by atoms with Crippen LogP contribution in [0.3, 0.4) is 0 Å². The lowest BCUT2D eigenvalue weighted by Crippen LogP contribution is -2.36. The van der Waals surface area contributed by atoms with Gasteiger partial charge in [0, 0.05) is 18.7 Å². The third-order valence-corrected chi connectivity index (χ3v) is 5.33. The van der Waals surface area contributed by atoms with Crippen molar-refractivity contribution in [3.05, 3.63) is 59.2 Å². The zero-order valence-corrected chi connectivity index (χ0v) is 16.2. The predicted molar refractivity (Wildman–Crippen MR) is 102 cm³/mol. The van der Waals surface area contributed by atoms with Crippen LogP contribution in [-0.4, -0.2) is 34.1 Å². The number of aryl methyl sites for hydroxylation is 1. The number of rotatable bonds is 7. The van der Waals surface area contributed by atoms with Gasteiger partial charge in [0.15, 0.2) is 0 Å². The fraction of sp³-hybridized carbons (Fsp3) is 0.316. The lowest BCUT2D eigenvalue weighted by atomic mass is 10.1. The van der Waals surface area contributed by atoms with Gasteiger partial charge in [-0.15, -0.1) is 0 Å². The molecule has 2 N–H and O–H groups in total. The summed E-state index contributed by atoms with van der Waals surface area (Å²) in [6.45, 7) is 5.83. The second kappa shape index (κ2) is 8.33. The molecular formula is C19H24N2O4S. The molecule has 7 heteroatoms. The number of anilines is 1. The molecule has 0 aliphatic carbocycles. The predicted octanol–water partition coefficient (Wildman–Crippen LogP) is 2.87. The van der Waals surface area contributed by atoms with E-state index >= 15 is 0 Å². The summed E-state index contributed by atoms with van der Waals surface area (Å²) in [7, 11) is -2.16. The van der Waals surface area contributed by atoms with E-state index < -0.39 is 10.0 Å². The van der Waals surface area contributed by atoms with Crippen molar-refractivity contribution in [2.45, 2.75) is 31.7 Å². The monoisotopic (exact) mass is 376 g/mol. The number of amides is 1. The van der Waals surface area contributed by atoms with Gasteiger partial charge in [-0.1, -0.05) is 23.8 Å². The molecule has 0 saturated carbocycles. The van der Waals surface area contributed by atoms with E-state index in [4.69, 9.17) is 4.74 Å². The van der Waals surface area contributed by atoms with Gasteiger partial charge < -0.3 is 10.1 Å². The summed E-state index contributed by atoms with van der Waals surface area (Å²) in [5, 5.41) is 2.82. The zero-order chi connectivity index (χ0) is 19.3. The topological polar surface area (TPSA) is 84.5 Å². The van der Waals surface area contributed by atoms with E-state index in [0.717, 1.165) is 5.56 Å². The molecule has 0 fully saturated rings. The molecule has 1 amide bonds. The van der Waals surface area contributed by atoms with Crippen molar-refractivity contribution in [3.63, 3.8) is 0 Å². The molecular weight excluding hydrogens is 352 g/mol. The minimum Gasteiger partial charge on any atom is -0.383 e. The molecule has 0 aliphatic rings. The molecule has 0 saturated heterocycles. The van der Waals surface area contributed by atoms with Gasteiger partial charge in [-0.25, -0.2) is 8.42 Å². The summed E-state index contributed by atoms with van der Waals surface area (Å²) in [4.78, 5) is 12.6. The van der Waals surface area contributed by atoms with Crippen molar-refractivity contribution in [2.75, 3.05) is 18.4 Å². The average Bonchev–Trinajstić information content (AvgIpc) is 2.57. The van der Waals surface area contributed by atoms with Gasteiger partial charge in [0.05, 0.1) is 17.2 Å². The summed E-state index contributed by atoms with van der Waals surface area (Å²) < 4.78 is 32.7. The molecule has 0 radical (unpaired) electrons. The van der Waals surface area contributed by atoms with Crippen LogP contribution in [0, 0.1) is 13.8 Å². The molecule has 0 unspecified atom stereocenters. The summed E-state index contributed by atoms with van der Waals surface area (Å²) in [5.74, 6) is -0.275. The first kappa shape index (κ1) is 19.9. The highest BCUT2D eigenvalue weighted by atomic mass is 32.2. The number of nitrogens with one attached hydrogen (secondary N) is 2. The van der Waals surface area contributed by atoms with E-state index in [2.05, 4.69) is 10.0 Å². The molecule has 0 bridgehead atoms. The molecule has 2 aromatic rings. The maximum atomic E-state index is 12.6. The molecule has 2 rings (SSSR count). The molecule has 0 aliphatic heterocycles. The maximum absolute atomic E-state index is 12.6. The Labute approximate surface area is 154 Å². The van der Waals surface area contributed by atoms with Crippen LogP contribution in [0.5, 0.6) is 0 Å². The maximum Gasteiger partial charge on any atom is 0.261 e. The normalized spacial score (nSPS) is 12.5. The molecule has 26 heavy (non-hydrogen) atoms. The van der Waals surface area contributed by atoms with Crippen molar-refractivity contribution in [1.29, 1.82) is 0 Å². The van der Waals surface area contributed by atoms with Crippen LogP contribution in [0.1, 0.15) is 28.4 Å². The minimum atomic E-state index is -3.73. The molecule has 6 nitrogen and oxygen atoms in total. The zero-order valence-electron chi connectivity index (χ0n) is 15.4. The van der Waals surface area contributed by atoms with Gasteiger partial charge in [0.25, 0.3) is 15.9 Å². The fourth-order valence-electron chi connectivity index (χ4n) is 2.51. The lowest BCUT2D eigenvalue weighted by Gasteiger charge is -2.16. The first-order valence-corrected chi connectivity index (χ1v) is 9.72. The van der Waals surface area contributed by atoms with Crippen LogP contribution in [0.2, 0.25) is 0 Å². The molecule has 0 spiro atoms. The number of hydrogen-bond donors (Lipinski definition) is 2. The summed E-state index contributed by atoms with van der Waals surface area (Å²) in [6, 6.07) is 11.4. The molecule has 1 atom stereocenters. The molecule has 0 aromatic heterocycles. The Hall–Kier alpha value is -2.38. The SMILES string of the molecule is COC[C@H](C)NC(=O)c1cccc(NS(=O)(=O)c2ccc(C)cc2)c1C. The standard InChI is InChI=1S/C19H24N2O4S/c1-13-8-10-16(11-9-13)26(23,24)21-18-7-5-6-17(15(18)3)19(22)20-14(2)12-25-4/h5-11,14,21H,12H2,1-4H3,(H,20,22)/t14-/m0/s1. The van der Waals surface area contributed by atoms with Crippen molar-refractivity contribution in [1.82, 2.24) is 5.32 Å². The van der Waals surface area contributed by atoms with Crippen LogP contribution < -0.4 is 10.0 Å². The third kappa shape index (κ3) is 4.83. The van der Waals surface area contributed by atoms with Crippen LogP contribution in [0.25, 0.3) is 0 Å². The number of methoxy groups -OCH3 is 1. The van der Waals surface area contributed by atoms with Crippen LogP contribution in [-0.2, 0) is 14.8 Å². The van der Waals surface area contributed by atoms with Crippen molar-refractivity contribution < 1.29 is 17.9 Å². The number of sulfonamides is 1. The smallest absolute Gasteiger partial charge is 0.261 e. The lowest BCUT2D eigenvalue weighted by molar-refractivity contribution is 0.0905. The van der Waals surface area contributed by atoms with Gasteiger partial charge >= 0.3 is 0 Å². The highest BCUT2D eigenvalue weighted by Gasteiger charge is 2.18. The summed E-state index contributed by atoms with van der Waals surface area (Å²) in [6.07, 6.45) is 0. The molecule has 140 valence electrons. The fourth-order valence-corrected chi connectivity index (χ4v) is 3.63. The number of hydrogen-bond acceptors (Lipinski definition) is 4. The minimum absolute atomic E-state index is 0.153. The summed E-state index contributed by atoms with van der Waals surface area (Å²) >= 11 is 0. The van der Waals surface area contributed by atoms with Gasteiger partial charge in [0.2, 0.25) is 0 Å². The Morgan fingerprint density at radius 2 is 1.77 bits per heavy atom. The van der Waals surface area contributed by atoms with Gasteiger partial charge in [-0.05, 0) is 50.6 Å². The van der Waals surface area contributed by atoms with Crippen LogP contribution >= 0.6 is 0 Å². The van der Waals surface area contributed by atoms with Crippen molar-refractivity contribution >= 4 is 21.6 Å². The second-order valence-electron chi connectivity index (χ2n) is 6.23. The number of carbonyl (C=O) groups excluding carboxylic acids is 1.